The highest BCUT2D eigenvalue weighted by atomic mass is 19.1. The van der Waals surface area contributed by atoms with Gasteiger partial charge in [-0.3, -0.25) is 4.79 Å². The van der Waals surface area contributed by atoms with Crippen molar-refractivity contribution in [2.24, 2.45) is 0 Å². The van der Waals surface area contributed by atoms with Crippen LogP contribution >= 0.6 is 0 Å². The molecule has 3 aromatic rings. The number of anilines is 1. The summed E-state index contributed by atoms with van der Waals surface area (Å²) in [4.78, 5) is 24.2. The van der Waals surface area contributed by atoms with Crippen LogP contribution in [0.4, 0.5) is 10.1 Å². The zero-order valence-electron chi connectivity index (χ0n) is 14.2. The van der Waals surface area contributed by atoms with Gasteiger partial charge in [0.2, 0.25) is 5.43 Å². The molecular weight excluding hydrogens is 335 g/mol. The van der Waals surface area contributed by atoms with Gasteiger partial charge in [-0.25, -0.2) is 9.18 Å². The van der Waals surface area contributed by atoms with Crippen LogP contribution in [0, 0.1) is 5.82 Å². The first-order valence-corrected chi connectivity index (χ1v) is 8.82. The molecule has 0 bridgehead atoms. The van der Waals surface area contributed by atoms with Gasteiger partial charge in [-0.15, -0.1) is 0 Å². The summed E-state index contributed by atoms with van der Waals surface area (Å²) in [5, 5.41) is 12.8. The van der Waals surface area contributed by atoms with Crippen LogP contribution in [0.15, 0.2) is 41.3 Å². The van der Waals surface area contributed by atoms with Gasteiger partial charge in [0.25, 0.3) is 0 Å². The third kappa shape index (κ3) is 2.71. The number of nitrogens with zero attached hydrogens (tertiary/aromatic N) is 1. The molecule has 1 saturated carbocycles. The number of carbonyl (C=O) groups is 1. The number of fused-ring (bicyclic) bond motifs is 3. The maximum absolute atomic E-state index is 14.6. The fraction of sp³-hybridized carbons (Fsp3) is 0.300. The van der Waals surface area contributed by atoms with Gasteiger partial charge in [-0.2, -0.15) is 0 Å². The summed E-state index contributed by atoms with van der Waals surface area (Å²) >= 11 is 0. The molecule has 0 spiro atoms. The second kappa shape index (κ2) is 6.44. The molecule has 5 nitrogen and oxygen atoms in total. The first kappa shape index (κ1) is 16.6. The van der Waals surface area contributed by atoms with Crippen LogP contribution in [0.3, 0.4) is 0 Å². The number of rotatable bonds is 3. The molecule has 6 heteroatoms. The van der Waals surface area contributed by atoms with E-state index in [1.807, 2.05) is 0 Å². The van der Waals surface area contributed by atoms with Crippen molar-refractivity contribution < 1.29 is 14.3 Å². The third-order valence-electron chi connectivity index (χ3n) is 5.11. The monoisotopic (exact) mass is 354 g/mol. The van der Waals surface area contributed by atoms with Crippen LogP contribution in [0.1, 0.15) is 42.5 Å². The molecule has 0 atom stereocenters. The predicted octanol–water partition coefficient (Wildman–Crippen LogP) is 4.03. The molecule has 134 valence electrons. The fourth-order valence-corrected chi connectivity index (χ4v) is 3.84. The lowest BCUT2D eigenvalue weighted by atomic mass is 9.95. The SMILES string of the molecule is O=C(O)c1c(=O)c2cc(F)c(NC3CCCCC3)cc2n2ccccc12. The van der Waals surface area contributed by atoms with E-state index in [2.05, 4.69) is 5.32 Å². The quantitative estimate of drug-likeness (QED) is 0.697. The number of hydrogen-bond donors (Lipinski definition) is 2. The molecule has 0 aliphatic heterocycles. The summed E-state index contributed by atoms with van der Waals surface area (Å²) in [5.74, 6) is -1.85. The Hall–Kier alpha value is -2.89. The van der Waals surface area contributed by atoms with Gasteiger partial charge < -0.3 is 14.8 Å². The minimum atomic E-state index is -1.31. The predicted molar refractivity (Wildman–Crippen MR) is 98.6 cm³/mol. The number of benzene rings is 1. The van der Waals surface area contributed by atoms with Gasteiger partial charge >= 0.3 is 5.97 Å². The lowest BCUT2D eigenvalue weighted by molar-refractivity contribution is 0.0697. The van der Waals surface area contributed by atoms with E-state index in [9.17, 15) is 19.1 Å². The molecule has 1 aliphatic rings. The largest absolute Gasteiger partial charge is 0.477 e. The average molecular weight is 354 g/mol. The number of carboxylic acids is 1. The Kier molecular flexibility index (Phi) is 4.11. The van der Waals surface area contributed by atoms with Crippen LogP contribution in [0.25, 0.3) is 16.4 Å². The van der Waals surface area contributed by atoms with E-state index in [1.165, 1.54) is 6.42 Å². The van der Waals surface area contributed by atoms with Crippen molar-refractivity contribution in [1.82, 2.24) is 4.40 Å². The summed E-state index contributed by atoms with van der Waals surface area (Å²) in [6.45, 7) is 0. The molecule has 1 aliphatic carbocycles. The zero-order valence-corrected chi connectivity index (χ0v) is 14.2. The Labute approximate surface area is 149 Å². The molecule has 2 heterocycles. The van der Waals surface area contributed by atoms with E-state index >= 15 is 0 Å². The number of nitrogens with one attached hydrogen (secondary N) is 1. The van der Waals surface area contributed by atoms with Crippen molar-refractivity contribution >= 4 is 28.1 Å². The first-order chi connectivity index (χ1) is 12.6. The molecule has 1 fully saturated rings. The van der Waals surface area contributed by atoms with Crippen molar-refractivity contribution in [2.75, 3.05) is 5.32 Å². The van der Waals surface area contributed by atoms with Crippen LogP contribution in [0.5, 0.6) is 0 Å². The van der Waals surface area contributed by atoms with Gasteiger partial charge in [0, 0.05) is 17.6 Å². The number of aromatic carboxylic acids is 1. The van der Waals surface area contributed by atoms with Crippen molar-refractivity contribution in [3.63, 3.8) is 0 Å². The highest BCUT2D eigenvalue weighted by molar-refractivity contribution is 6.01. The number of carboxylic acid groups (broad SMARTS) is 1. The first-order valence-electron chi connectivity index (χ1n) is 8.82. The van der Waals surface area contributed by atoms with Gasteiger partial charge in [-0.1, -0.05) is 25.3 Å². The Balaban J connectivity index is 1.95. The molecule has 0 saturated heterocycles. The summed E-state index contributed by atoms with van der Waals surface area (Å²) in [5.41, 5.74) is 0.139. The highest BCUT2D eigenvalue weighted by Crippen LogP contribution is 2.27. The smallest absolute Gasteiger partial charge is 0.341 e. The van der Waals surface area contributed by atoms with E-state index in [4.69, 9.17) is 0 Å². The van der Waals surface area contributed by atoms with E-state index < -0.39 is 17.2 Å². The number of pyridine rings is 2. The second-order valence-electron chi connectivity index (χ2n) is 6.79. The van der Waals surface area contributed by atoms with Gasteiger partial charge in [-0.05, 0) is 37.1 Å². The minimum Gasteiger partial charge on any atom is -0.477 e. The number of hydrogen-bond acceptors (Lipinski definition) is 3. The van der Waals surface area contributed by atoms with Crippen LogP contribution < -0.4 is 10.7 Å². The molecule has 1 aromatic carbocycles. The Morgan fingerprint density at radius 2 is 1.92 bits per heavy atom. The van der Waals surface area contributed by atoms with Crippen LogP contribution in [-0.2, 0) is 0 Å². The van der Waals surface area contributed by atoms with Crippen LogP contribution in [0.2, 0.25) is 0 Å². The van der Waals surface area contributed by atoms with Crippen molar-refractivity contribution in [3.8, 4) is 0 Å². The molecular formula is C20H19FN2O3. The van der Waals surface area contributed by atoms with E-state index in [0.29, 0.717) is 16.7 Å². The minimum absolute atomic E-state index is 0.0674. The van der Waals surface area contributed by atoms with Gasteiger partial charge in [0.1, 0.15) is 11.4 Å². The van der Waals surface area contributed by atoms with Crippen molar-refractivity contribution in [1.29, 1.82) is 0 Å². The van der Waals surface area contributed by atoms with Gasteiger partial charge in [0.15, 0.2) is 0 Å². The molecule has 2 N–H and O–H groups in total. The fourth-order valence-electron chi connectivity index (χ4n) is 3.84. The lowest BCUT2D eigenvalue weighted by Gasteiger charge is -2.24. The molecule has 0 amide bonds. The lowest BCUT2D eigenvalue weighted by Crippen LogP contribution is -2.23. The number of halogens is 1. The maximum Gasteiger partial charge on any atom is 0.341 e. The third-order valence-corrected chi connectivity index (χ3v) is 5.11. The summed E-state index contributed by atoms with van der Waals surface area (Å²) in [6, 6.07) is 7.99. The summed E-state index contributed by atoms with van der Waals surface area (Å²) in [7, 11) is 0. The number of aromatic nitrogens is 1. The second-order valence-corrected chi connectivity index (χ2v) is 6.79. The normalized spacial score (nSPS) is 15.4. The van der Waals surface area contributed by atoms with E-state index in [-0.39, 0.29) is 17.0 Å². The topological polar surface area (TPSA) is 70.8 Å². The summed E-state index contributed by atoms with van der Waals surface area (Å²) in [6.07, 6.45) is 7.13. The Morgan fingerprint density at radius 3 is 2.65 bits per heavy atom. The van der Waals surface area contributed by atoms with Crippen molar-refractivity contribution in [3.05, 3.63) is 58.1 Å². The van der Waals surface area contributed by atoms with Crippen LogP contribution in [-0.4, -0.2) is 21.5 Å². The Bertz CT molecular complexity index is 1070. The summed E-state index contributed by atoms with van der Waals surface area (Å²) < 4.78 is 16.3. The molecule has 2 aromatic heterocycles. The Morgan fingerprint density at radius 1 is 1.15 bits per heavy atom. The maximum atomic E-state index is 14.6. The molecule has 0 unspecified atom stereocenters. The van der Waals surface area contributed by atoms with E-state index in [1.54, 1.807) is 34.9 Å². The van der Waals surface area contributed by atoms with E-state index in [0.717, 1.165) is 31.7 Å². The standard InChI is InChI=1S/C20H19FN2O3/c21-14-10-13-17(11-15(14)22-12-6-2-1-3-7-12)23-9-5-4-8-16(23)18(19(13)24)20(25)26/h4-5,8-12,22H,1-3,6-7H2,(H,25,26). The molecule has 26 heavy (non-hydrogen) atoms. The molecule has 4 rings (SSSR count). The zero-order chi connectivity index (χ0) is 18.3. The van der Waals surface area contributed by atoms with Gasteiger partial charge in [0.05, 0.1) is 16.7 Å². The average Bonchev–Trinajstić information content (AvgIpc) is 2.64. The van der Waals surface area contributed by atoms with Crippen molar-refractivity contribution in [2.45, 2.75) is 38.1 Å². The highest BCUT2D eigenvalue weighted by Gasteiger charge is 2.20. The molecule has 0 radical (unpaired) electrons.